The second-order valence-electron chi connectivity index (χ2n) is 3.69. The number of fused-ring (bicyclic) bond motifs is 1. The van der Waals surface area contributed by atoms with E-state index < -0.39 is 6.09 Å². The van der Waals surface area contributed by atoms with Crippen molar-refractivity contribution in [3.8, 4) is 5.75 Å². The van der Waals surface area contributed by atoms with Gasteiger partial charge >= 0.3 is 6.09 Å². The molecule has 2 N–H and O–H groups in total. The Bertz CT molecular complexity index is 389. The van der Waals surface area contributed by atoms with Crippen LogP contribution in [0.15, 0.2) is 18.2 Å². The maximum atomic E-state index is 10.5. The van der Waals surface area contributed by atoms with E-state index in [1.807, 2.05) is 18.2 Å². The van der Waals surface area contributed by atoms with Gasteiger partial charge in [-0.3, -0.25) is 0 Å². The van der Waals surface area contributed by atoms with E-state index in [-0.39, 0.29) is 6.04 Å². The van der Waals surface area contributed by atoms with Crippen molar-refractivity contribution in [3.63, 3.8) is 0 Å². The summed E-state index contributed by atoms with van der Waals surface area (Å²) in [6.07, 6.45) is 0.560. The predicted molar refractivity (Wildman–Crippen MR) is 55.4 cm³/mol. The van der Waals surface area contributed by atoms with Crippen molar-refractivity contribution in [1.29, 1.82) is 0 Å². The lowest BCUT2D eigenvalue weighted by Gasteiger charge is -2.07. The van der Waals surface area contributed by atoms with Gasteiger partial charge in [0.05, 0.1) is 7.11 Å². The van der Waals surface area contributed by atoms with Crippen molar-refractivity contribution >= 4 is 6.09 Å². The molecule has 0 saturated carbocycles. The third-order valence-electron chi connectivity index (χ3n) is 2.67. The second-order valence-corrected chi connectivity index (χ2v) is 3.69. The van der Waals surface area contributed by atoms with Crippen LogP contribution >= 0.6 is 0 Å². The number of ether oxygens (including phenoxy) is 1. The fourth-order valence-corrected chi connectivity index (χ4v) is 2.00. The van der Waals surface area contributed by atoms with Gasteiger partial charge in [0.2, 0.25) is 0 Å². The molecule has 1 aliphatic carbocycles. The van der Waals surface area contributed by atoms with Gasteiger partial charge in [0.1, 0.15) is 5.75 Å². The molecule has 15 heavy (non-hydrogen) atoms. The molecule has 0 spiro atoms. The molecule has 0 saturated heterocycles. The molecule has 0 aliphatic heterocycles. The minimum atomic E-state index is -0.959. The molecular weight excluding hydrogens is 194 g/mol. The predicted octanol–water partition coefficient (Wildman–Crippen LogP) is 1.43. The van der Waals surface area contributed by atoms with E-state index in [2.05, 4.69) is 5.32 Å². The van der Waals surface area contributed by atoms with E-state index in [4.69, 9.17) is 9.84 Å². The summed E-state index contributed by atoms with van der Waals surface area (Å²) in [5.74, 6) is 0.824. The Labute approximate surface area is 87.9 Å². The summed E-state index contributed by atoms with van der Waals surface area (Å²) >= 11 is 0. The van der Waals surface area contributed by atoms with E-state index in [0.717, 1.165) is 18.6 Å². The van der Waals surface area contributed by atoms with Crippen LogP contribution in [0.5, 0.6) is 5.75 Å². The molecule has 1 unspecified atom stereocenters. The summed E-state index contributed by atoms with van der Waals surface area (Å²) in [6, 6.07) is 5.88. The molecule has 1 atom stereocenters. The van der Waals surface area contributed by atoms with Gasteiger partial charge in [-0.15, -0.1) is 0 Å². The van der Waals surface area contributed by atoms with Crippen LogP contribution in [0.4, 0.5) is 4.79 Å². The van der Waals surface area contributed by atoms with Gasteiger partial charge in [-0.2, -0.15) is 0 Å². The average Bonchev–Trinajstić information content (AvgIpc) is 2.57. The molecule has 0 bridgehead atoms. The number of nitrogens with one attached hydrogen (secondary N) is 1. The first-order valence-electron chi connectivity index (χ1n) is 4.84. The third kappa shape index (κ3) is 2.03. The Hall–Kier alpha value is -1.71. The van der Waals surface area contributed by atoms with Gasteiger partial charge in [-0.25, -0.2) is 4.79 Å². The minimum absolute atomic E-state index is 0.00426. The molecule has 0 aromatic heterocycles. The highest BCUT2D eigenvalue weighted by Gasteiger charge is 2.22. The van der Waals surface area contributed by atoms with Crippen LogP contribution in [0.3, 0.4) is 0 Å². The van der Waals surface area contributed by atoms with Crippen LogP contribution in [0.2, 0.25) is 0 Å². The first-order chi connectivity index (χ1) is 7.19. The van der Waals surface area contributed by atoms with Gasteiger partial charge < -0.3 is 15.2 Å². The largest absolute Gasteiger partial charge is 0.497 e. The van der Waals surface area contributed by atoms with Gasteiger partial charge in [0.25, 0.3) is 0 Å². The van der Waals surface area contributed by atoms with Gasteiger partial charge in [-0.05, 0) is 36.1 Å². The molecule has 4 heteroatoms. The topological polar surface area (TPSA) is 58.6 Å². The Morgan fingerprint density at radius 3 is 2.87 bits per heavy atom. The van der Waals surface area contributed by atoms with Crippen molar-refractivity contribution in [3.05, 3.63) is 29.3 Å². The molecule has 0 fully saturated rings. The zero-order chi connectivity index (χ0) is 10.8. The molecule has 80 valence electrons. The molecule has 1 aromatic carbocycles. The first-order valence-corrected chi connectivity index (χ1v) is 4.84. The standard InChI is InChI=1S/C11H13NO3/c1-15-10-3-2-7-4-9(12-11(13)14)5-8(7)6-10/h2-3,6,9,12H,4-5H2,1H3,(H,13,14). The molecule has 0 heterocycles. The molecule has 2 rings (SSSR count). The summed E-state index contributed by atoms with van der Waals surface area (Å²) in [5.41, 5.74) is 2.38. The van der Waals surface area contributed by atoms with Crippen LogP contribution < -0.4 is 10.1 Å². The van der Waals surface area contributed by atoms with Gasteiger partial charge in [-0.1, -0.05) is 6.07 Å². The minimum Gasteiger partial charge on any atom is -0.497 e. The number of amides is 1. The number of carbonyl (C=O) groups is 1. The summed E-state index contributed by atoms with van der Waals surface area (Å²) in [4.78, 5) is 10.5. The quantitative estimate of drug-likeness (QED) is 0.771. The molecule has 0 radical (unpaired) electrons. The van der Waals surface area contributed by atoms with E-state index in [1.165, 1.54) is 11.1 Å². The Morgan fingerprint density at radius 2 is 2.20 bits per heavy atom. The van der Waals surface area contributed by atoms with Crippen molar-refractivity contribution < 1.29 is 14.6 Å². The molecule has 1 amide bonds. The van der Waals surface area contributed by atoms with Crippen molar-refractivity contribution in [2.24, 2.45) is 0 Å². The smallest absolute Gasteiger partial charge is 0.404 e. The van der Waals surface area contributed by atoms with Crippen molar-refractivity contribution in [1.82, 2.24) is 5.32 Å². The van der Waals surface area contributed by atoms with E-state index in [0.29, 0.717) is 0 Å². The number of hydrogen-bond acceptors (Lipinski definition) is 2. The zero-order valence-electron chi connectivity index (χ0n) is 8.49. The number of benzene rings is 1. The average molecular weight is 207 g/mol. The highest BCUT2D eigenvalue weighted by atomic mass is 16.5. The second kappa shape index (κ2) is 3.81. The van der Waals surface area contributed by atoms with Crippen LogP contribution in [0.25, 0.3) is 0 Å². The van der Waals surface area contributed by atoms with Crippen LogP contribution in [-0.2, 0) is 12.8 Å². The lowest BCUT2D eigenvalue weighted by molar-refractivity contribution is 0.190. The fraction of sp³-hybridized carbons (Fsp3) is 0.364. The molecule has 1 aliphatic rings. The number of methoxy groups -OCH3 is 1. The monoisotopic (exact) mass is 207 g/mol. The van der Waals surface area contributed by atoms with E-state index >= 15 is 0 Å². The number of rotatable bonds is 2. The van der Waals surface area contributed by atoms with E-state index in [9.17, 15) is 4.79 Å². The SMILES string of the molecule is COc1ccc2c(c1)CC(NC(=O)O)C2. The summed E-state index contributed by atoms with van der Waals surface area (Å²) < 4.78 is 5.12. The van der Waals surface area contributed by atoms with E-state index in [1.54, 1.807) is 7.11 Å². The van der Waals surface area contributed by atoms with Gasteiger partial charge in [0.15, 0.2) is 0 Å². The molecule has 1 aromatic rings. The maximum Gasteiger partial charge on any atom is 0.404 e. The first kappa shape index (κ1) is 9.83. The van der Waals surface area contributed by atoms with Crippen molar-refractivity contribution in [2.75, 3.05) is 7.11 Å². The van der Waals surface area contributed by atoms with Crippen LogP contribution in [0.1, 0.15) is 11.1 Å². The maximum absolute atomic E-state index is 10.5. The number of hydrogen-bond donors (Lipinski definition) is 2. The normalized spacial score (nSPS) is 18.3. The third-order valence-corrected chi connectivity index (χ3v) is 2.67. The Morgan fingerprint density at radius 1 is 1.47 bits per heavy atom. The summed E-state index contributed by atoms with van der Waals surface area (Å²) in [6.45, 7) is 0. The fourth-order valence-electron chi connectivity index (χ4n) is 2.00. The van der Waals surface area contributed by atoms with Crippen LogP contribution in [0, 0.1) is 0 Å². The summed E-state index contributed by atoms with van der Waals surface area (Å²) in [7, 11) is 1.63. The molecular formula is C11H13NO3. The highest BCUT2D eigenvalue weighted by Crippen LogP contribution is 2.26. The lowest BCUT2D eigenvalue weighted by atomic mass is 10.1. The summed E-state index contributed by atoms with van der Waals surface area (Å²) in [5, 5.41) is 11.1. The Kier molecular flexibility index (Phi) is 2.49. The van der Waals surface area contributed by atoms with Crippen molar-refractivity contribution in [2.45, 2.75) is 18.9 Å². The van der Waals surface area contributed by atoms with Gasteiger partial charge in [0, 0.05) is 6.04 Å². The number of carboxylic acid groups (broad SMARTS) is 1. The lowest BCUT2D eigenvalue weighted by Crippen LogP contribution is -2.33. The van der Waals surface area contributed by atoms with Crippen LogP contribution in [-0.4, -0.2) is 24.4 Å². The molecule has 4 nitrogen and oxygen atoms in total. The Balaban J connectivity index is 2.13. The highest BCUT2D eigenvalue weighted by molar-refractivity contribution is 5.65. The zero-order valence-corrected chi connectivity index (χ0v) is 8.49.